The summed E-state index contributed by atoms with van der Waals surface area (Å²) in [5.41, 5.74) is 0.968. The lowest BCUT2D eigenvalue weighted by Crippen LogP contribution is -1.97. The van der Waals surface area contributed by atoms with Gasteiger partial charge in [0.1, 0.15) is 12.0 Å². The van der Waals surface area contributed by atoms with Crippen molar-refractivity contribution in [2.75, 3.05) is 12.5 Å². The minimum atomic E-state index is 0.706. The van der Waals surface area contributed by atoms with Crippen LogP contribution in [0.15, 0.2) is 30.3 Å². The Bertz CT molecular complexity index is 361. The van der Waals surface area contributed by atoms with Crippen molar-refractivity contribution in [2.24, 2.45) is 0 Å². The van der Waals surface area contributed by atoms with Gasteiger partial charge in [-0.15, -0.1) is 11.6 Å². The molecule has 92 valence electrons. The zero-order chi connectivity index (χ0) is 12.3. The van der Waals surface area contributed by atoms with Crippen LogP contribution in [0.25, 0.3) is 6.08 Å². The fourth-order valence-corrected chi connectivity index (χ4v) is 1.61. The third-order valence-electron chi connectivity index (χ3n) is 2.27. The summed E-state index contributed by atoms with van der Waals surface area (Å²) >= 11 is 5.59. The molecule has 2 nitrogen and oxygen atoms in total. The molecule has 0 saturated heterocycles. The summed E-state index contributed by atoms with van der Waals surface area (Å²) < 4.78 is 5.61. The summed E-state index contributed by atoms with van der Waals surface area (Å²) in [6.07, 6.45) is 7.13. The van der Waals surface area contributed by atoms with Gasteiger partial charge in [-0.2, -0.15) is 0 Å². The predicted molar refractivity (Wildman–Crippen MR) is 71.6 cm³/mol. The maximum atomic E-state index is 10.2. The average molecular weight is 253 g/mol. The van der Waals surface area contributed by atoms with Crippen molar-refractivity contribution < 1.29 is 9.53 Å². The Morgan fingerprint density at radius 2 is 2.12 bits per heavy atom. The van der Waals surface area contributed by atoms with Gasteiger partial charge >= 0.3 is 0 Å². The first-order valence-electron chi connectivity index (χ1n) is 5.77. The molecule has 17 heavy (non-hydrogen) atoms. The van der Waals surface area contributed by atoms with Crippen molar-refractivity contribution in [3.63, 3.8) is 0 Å². The second-order valence-electron chi connectivity index (χ2n) is 3.67. The van der Waals surface area contributed by atoms with E-state index in [9.17, 15) is 4.79 Å². The van der Waals surface area contributed by atoms with E-state index in [1.165, 1.54) is 6.08 Å². The molecule has 1 aromatic carbocycles. The molecule has 0 N–H and O–H groups in total. The Hall–Kier alpha value is -1.28. The predicted octanol–water partition coefficient (Wildman–Crippen LogP) is 3.69. The highest BCUT2D eigenvalue weighted by Crippen LogP contribution is 2.14. The van der Waals surface area contributed by atoms with Crippen molar-refractivity contribution in [1.29, 1.82) is 0 Å². The minimum Gasteiger partial charge on any atom is -0.494 e. The van der Waals surface area contributed by atoms with E-state index in [2.05, 4.69) is 0 Å². The molecule has 1 rings (SSSR count). The number of unbranched alkanes of at least 4 members (excludes halogenated alkanes) is 2. The van der Waals surface area contributed by atoms with E-state index in [-0.39, 0.29) is 0 Å². The summed E-state index contributed by atoms with van der Waals surface area (Å²) in [5.74, 6) is 1.55. The summed E-state index contributed by atoms with van der Waals surface area (Å²) in [4.78, 5) is 10.2. The van der Waals surface area contributed by atoms with E-state index in [0.29, 0.717) is 12.5 Å². The first kappa shape index (κ1) is 13.8. The fourth-order valence-electron chi connectivity index (χ4n) is 1.42. The van der Waals surface area contributed by atoms with Crippen molar-refractivity contribution in [3.05, 3.63) is 35.9 Å². The van der Waals surface area contributed by atoms with E-state index >= 15 is 0 Å². The molecule has 0 spiro atoms. The van der Waals surface area contributed by atoms with Crippen LogP contribution in [-0.4, -0.2) is 18.8 Å². The van der Waals surface area contributed by atoms with Gasteiger partial charge in [0, 0.05) is 5.88 Å². The number of alkyl halides is 1. The summed E-state index contributed by atoms with van der Waals surface area (Å²) in [6, 6.07) is 7.68. The Labute approximate surface area is 107 Å². The van der Waals surface area contributed by atoms with Gasteiger partial charge in [-0.25, -0.2) is 0 Å². The van der Waals surface area contributed by atoms with Crippen molar-refractivity contribution in [1.82, 2.24) is 0 Å². The minimum absolute atomic E-state index is 0.706. The molecule has 0 aliphatic heterocycles. The topological polar surface area (TPSA) is 26.3 Å². The van der Waals surface area contributed by atoms with Crippen LogP contribution >= 0.6 is 11.6 Å². The second-order valence-corrected chi connectivity index (χ2v) is 4.04. The summed E-state index contributed by atoms with van der Waals surface area (Å²) in [5, 5.41) is 0. The standard InChI is InChI=1S/C14H17ClO2/c15-9-2-1-3-11-17-14-8-4-6-13(12-14)7-5-10-16/h4-8,10,12H,1-3,9,11H2/b7-5+. The van der Waals surface area contributed by atoms with Gasteiger partial charge in [-0.3, -0.25) is 4.79 Å². The van der Waals surface area contributed by atoms with Crippen LogP contribution in [0, 0.1) is 0 Å². The number of benzene rings is 1. The lowest BCUT2D eigenvalue weighted by molar-refractivity contribution is -0.104. The van der Waals surface area contributed by atoms with Crippen LogP contribution in [0.1, 0.15) is 24.8 Å². The fraction of sp³-hybridized carbons (Fsp3) is 0.357. The molecule has 3 heteroatoms. The molecule has 1 aromatic rings. The normalized spacial score (nSPS) is 10.6. The molecule has 0 saturated carbocycles. The molecular weight excluding hydrogens is 236 g/mol. The maximum Gasteiger partial charge on any atom is 0.142 e. The van der Waals surface area contributed by atoms with Crippen LogP contribution in [-0.2, 0) is 4.79 Å². The van der Waals surface area contributed by atoms with E-state index < -0.39 is 0 Å². The van der Waals surface area contributed by atoms with Gasteiger partial charge in [0.05, 0.1) is 6.61 Å². The monoisotopic (exact) mass is 252 g/mol. The average Bonchev–Trinajstić information content (AvgIpc) is 2.37. The molecule has 0 atom stereocenters. The number of allylic oxidation sites excluding steroid dienone is 1. The molecule has 0 aliphatic rings. The molecule has 0 unspecified atom stereocenters. The lowest BCUT2D eigenvalue weighted by atomic mass is 10.2. The van der Waals surface area contributed by atoms with Crippen molar-refractivity contribution >= 4 is 24.0 Å². The SMILES string of the molecule is O=C/C=C/c1cccc(OCCCCCCl)c1. The highest BCUT2D eigenvalue weighted by molar-refractivity contribution is 6.17. The van der Waals surface area contributed by atoms with Crippen LogP contribution in [0.4, 0.5) is 0 Å². The molecule has 0 heterocycles. The molecular formula is C14H17ClO2. The quantitative estimate of drug-likeness (QED) is 0.305. The first-order valence-corrected chi connectivity index (χ1v) is 6.31. The van der Waals surface area contributed by atoms with Gasteiger partial charge in [0.2, 0.25) is 0 Å². The van der Waals surface area contributed by atoms with E-state index in [4.69, 9.17) is 16.3 Å². The molecule has 0 aliphatic carbocycles. The van der Waals surface area contributed by atoms with Crippen LogP contribution in [0.2, 0.25) is 0 Å². The molecule has 0 aromatic heterocycles. The van der Waals surface area contributed by atoms with Crippen LogP contribution < -0.4 is 4.74 Å². The number of aldehydes is 1. The van der Waals surface area contributed by atoms with Crippen molar-refractivity contribution in [2.45, 2.75) is 19.3 Å². The van der Waals surface area contributed by atoms with Crippen LogP contribution in [0.5, 0.6) is 5.75 Å². The zero-order valence-electron chi connectivity index (χ0n) is 9.77. The smallest absolute Gasteiger partial charge is 0.142 e. The maximum absolute atomic E-state index is 10.2. The van der Waals surface area contributed by atoms with E-state index in [0.717, 1.165) is 36.9 Å². The lowest BCUT2D eigenvalue weighted by Gasteiger charge is -2.06. The second kappa shape index (κ2) is 8.82. The molecule has 0 bridgehead atoms. The number of ether oxygens (including phenoxy) is 1. The zero-order valence-corrected chi connectivity index (χ0v) is 10.5. The number of carbonyl (C=O) groups is 1. The highest BCUT2D eigenvalue weighted by atomic mass is 35.5. The number of hydrogen-bond acceptors (Lipinski definition) is 2. The molecule has 0 fully saturated rings. The van der Waals surface area contributed by atoms with E-state index in [1.54, 1.807) is 6.08 Å². The van der Waals surface area contributed by atoms with Gasteiger partial charge in [0.15, 0.2) is 0 Å². The van der Waals surface area contributed by atoms with Gasteiger partial charge in [-0.1, -0.05) is 18.2 Å². The van der Waals surface area contributed by atoms with E-state index in [1.807, 2.05) is 24.3 Å². The van der Waals surface area contributed by atoms with Crippen LogP contribution in [0.3, 0.4) is 0 Å². The Morgan fingerprint density at radius 1 is 1.24 bits per heavy atom. The number of rotatable bonds is 8. The Morgan fingerprint density at radius 3 is 2.88 bits per heavy atom. The number of halogens is 1. The third kappa shape index (κ3) is 6.12. The molecule has 0 radical (unpaired) electrons. The van der Waals surface area contributed by atoms with Gasteiger partial charge < -0.3 is 4.74 Å². The molecule has 0 amide bonds. The summed E-state index contributed by atoms with van der Waals surface area (Å²) in [6.45, 7) is 0.706. The Kier molecular flexibility index (Phi) is 7.15. The number of hydrogen-bond donors (Lipinski definition) is 0. The highest BCUT2D eigenvalue weighted by Gasteiger charge is 1.95. The largest absolute Gasteiger partial charge is 0.494 e. The Balaban J connectivity index is 2.37. The third-order valence-corrected chi connectivity index (χ3v) is 2.54. The van der Waals surface area contributed by atoms with Crippen molar-refractivity contribution in [3.8, 4) is 5.75 Å². The van der Waals surface area contributed by atoms with Gasteiger partial charge in [-0.05, 0) is 43.0 Å². The number of carbonyl (C=O) groups excluding carboxylic acids is 1. The first-order chi connectivity index (χ1) is 8.36. The summed E-state index contributed by atoms with van der Waals surface area (Å²) in [7, 11) is 0. The van der Waals surface area contributed by atoms with Gasteiger partial charge in [0.25, 0.3) is 0 Å².